The van der Waals surface area contributed by atoms with E-state index in [1.807, 2.05) is 48.2 Å². The molecule has 0 saturated carbocycles. The number of carbonyl (C=O) groups excluding carboxylic acids is 2. The van der Waals surface area contributed by atoms with Crippen molar-refractivity contribution in [3.05, 3.63) is 76.3 Å². The highest BCUT2D eigenvalue weighted by Gasteiger charge is 2.49. The third-order valence-corrected chi connectivity index (χ3v) is 5.45. The van der Waals surface area contributed by atoms with Crippen LogP contribution in [-0.4, -0.2) is 44.9 Å². The molecule has 8 nitrogen and oxygen atoms in total. The van der Waals surface area contributed by atoms with Crippen LogP contribution < -0.4 is 10.9 Å². The van der Waals surface area contributed by atoms with Crippen LogP contribution in [0.1, 0.15) is 25.2 Å². The van der Waals surface area contributed by atoms with Gasteiger partial charge >= 0.3 is 6.03 Å². The molecule has 30 heavy (non-hydrogen) atoms. The van der Waals surface area contributed by atoms with Crippen LogP contribution in [0, 0.1) is 0 Å². The first-order valence-electron chi connectivity index (χ1n) is 9.82. The van der Waals surface area contributed by atoms with Crippen molar-refractivity contribution in [2.45, 2.75) is 25.9 Å². The molecular formula is C22H23N5O3. The van der Waals surface area contributed by atoms with Gasteiger partial charge in [0.15, 0.2) is 0 Å². The summed E-state index contributed by atoms with van der Waals surface area (Å²) in [4.78, 5) is 48.4. The van der Waals surface area contributed by atoms with Crippen LogP contribution in [0.25, 0.3) is 10.9 Å². The van der Waals surface area contributed by atoms with Gasteiger partial charge in [-0.05, 0) is 31.2 Å². The van der Waals surface area contributed by atoms with Crippen molar-refractivity contribution in [2.75, 3.05) is 13.2 Å². The number of benzene rings is 2. The molecule has 1 atom stereocenters. The Morgan fingerprint density at radius 3 is 2.47 bits per heavy atom. The third-order valence-electron chi connectivity index (χ3n) is 5.45. The highest BCUT2D eigenvalue weighted by Crippen LogP contribution is 2.28. The lowest BCUT2D eigenvalue weighted by molar-refractivity contribution is -0.132. The molecule has 2 aromatic carbocycles. The molecule has 1 aliphatic rings. The highest BCUT2D eigenvalue weighted by atomic mass is 16.2. The van der Waals surface area contributed by atoms with Gasteiger partial charge in [-0.3, -0.25) is 14.5 Å². The fourth-order valence-electron chi connectivity index (χ4n) is 3.68. The van der Waals surface area contributed by atoms with Crippen LogP contribution in [0.2, 0.25) is 0 Å². The van der Waals surface area contributed by atoms with Gasteiger partial charge in [-0.15, -0.1) is 0 Å². The van der Waals surface area contributed by atoms with Crippen molar-refractivity contribution >= 4 is 22.8 Å². The minimum atomic E-state index is -1.10. The molecule has 0 spiro atoms. The van der Waals surface area contributed by atoms with E-state index in [4.69, 9.17) is 0 Å². The lowest BCUT2D eigenvalue weighted by atomic mass is 9.92. The molecule has 1 aromatic heterocycles. The number of hydrogen-bond acceptors (Lipinski definition) is 5. The van der Waals surface area contributed by atoms with E-state index in [0.29, 0.717) is 29.8 Å². The number of carbonyl (C=O) groups is 2. The lowest BCUT2D eigenvalue weighted by Gasteiger charge is -2.26. The molecule has 1 aliphatic heterocycles. The Hall–Kier alpha value is -3.52. The van der Waals surface area contributed by atoms with E-state index in [0.717, 1.165) is 5.56 Å². The Morgan fingerprint density at radius 2 is 1.73 bits per heavy atom. The monoisotopic (exact) mass is 405 g/mol. The van der Waals surface area contributed by atoms with Gasteiger partial charge in [-0.2, -0.15) is 0 Å². The topological polar surface area (TPSA) is 98.4 Å². The molecule has 1 fully saturated rings. The van der Waals surface area contributed by atoms with Gasteiger partial charge in [0, 0.05) is 0 Å². The number of fused-ring (bicyclic) bond motifs is 1. The number of aromatic nitrogens is 2. The second kappa shape index (κ2) is 7.72. The highest BCUT2D eigenvalue weighted by molar-refractivity contribution is 6.07. The molecule has 154 valence electrons. The van der Waals surface area contributed by atoms with Crippen LogP contribution in [0.5, 0.6) is 0 Å². The molecule has 0 bridgehead atoms. The quantitative estimate of drug-likeness (QED) is 0.613. The maximum atomic E-state index is 13.1. The normalized spacial score (nSPS) is 19.0. The Labute approximate surface area is 173 Å². The fourth-order valence-corrected chi connectivity index (χ4v) is 3.68. The van der Waals surface area contributed by atoms with Gasteiger partial charge in [0.25, 0.3) is 11.5 Å². The van der Waals surface area contributed by atoms with Crippen molar-refractivity contribution in [3.8, 4) is 0 Å². The summed E-state index contributed by atoms with van der Waals surface area (Å²) in [5, 5.41) is 3.34. The molecule has 3 aromatic rings. The van der Waals surface area contributed by atoms with Gasteiger partial charge in [0.1, 0.15) is 11.4 Å². The number of para-hydroxylation sites is 1. The van der Waals surface area contributed by atoms with E-state index in [1.165, 1.54) is 4.90 Å². The van der Waals surface area contributed by atoms with Gasteiger partial charge in [0.05, 0.1) is 24.1 Å². The van der Waals surface area contributed by atoms with Gasteiger partial charge in [-0.1, -0.05) is 49.4 Å². The van der Waals surface area contributed by atoms with Crippen molar-refractivity contribution in [3.63, 3.8) is 0 Å². The van der Waals surface area contributed by atoms with Crippen LogP contribution in [0.4, 0.5) is 4.79 Å². The van der Waals surface area contributed by atoms with E-state index < -0.39 is 11.6 Å². The molecule has 0 aliphatic carbocycles. The molecule has 0 radical (unpaired) electrons. The van der Waals surface area contributed by atoms with Crippen molar-refractivity contribution < 1.29 is 9.59 Å². The first-order valence-corrected chi connectivity index (χ1v) is 9.82. The number of urea groups is 1. The predicted octanol–water partition coefficient (Wildman–Crippen LogP) is 2.17. The summed E-state index contributed by atoms with van der Waals surface area (Å²) in [5.41, 5.74) is 0.0273. The summed E-state index contributed by atoms with van der Waals surface area (Å²) in [5.74, 6) is 0.176. The molecule has 8 heteroatoms. The van der Waals surface area contributed by atoms with E-state index in [1.54, 1.807) is 25.1 Å². The number of aromatic amines is 1. The molecule has 4 rings (SSSR count). The maximum absolute atomic E-state index is 13.1. The molecule has 2 heterocycles. The minimum Gasteiger partial charge on any atom is -0.319 e. The number of rotatable bonds is 6. The first kappa shape index (κ1) is 19.8. The van der Waals surface area contributed by atoms with E-state index in [-0.39, 0.29) is 18.1 Å². The second-order valence-corrected chi connectivity index (χ2v) is 7.47. The SMILES string of the molecule is CCN(Cc1nc2ccccc2c(=O)[nH]1)CN1C(=O)N[C@](C)(c2ccccc2)C1=O. The van der Waals surface area contributed by atoms with Gasteiger partial charge < -0.3 is 10.3 Å². The molecule has 3 amide bonds. The zero-order valence-corrected chi connectivity index (χ0v) is 16.9. The Bertz CT molecular complexity index is 1160. The fraction of sp³-hybridized carbons (Fsp3) is 0.273. The van der Waals surface area contributed by atoms with Crippen LogP contribution in [0.15, 0.2) is 59.4 Å². The number of hydrogen-bond donors (Lipinski definition) is 2. The van der Waals surface area contributed by atoms with Crippen LogP contribution >= 0.6 is 0 Å². The maximum Gasteiger partial charge on any atom is 0.326 e. The summed E-state index contributed by atoms with van der Waals surface area (Å²) in [6, 6.07) is 15.9. The summed E-state index contributed by atoms with van der Waals surface area (Å²) in [6.07, 6.45) is 0. The minimum absolute atomic E-state index is 0.0973. The number of nitrogens with one attached hydrogen (secondary N) is 2. The standard InChI is InChI=1S/C22H23N5O3/c1-3-26(13-18-23-17-12-8-7-11-16(17)19(28)24-18)14-27-20(29)22(2,25-21(27)30)15-9-5-4-6-10-15/h4-12H,3,13-14H2,1-2H3,(H,25,30)(H,23,24,28)/t22-/m1/s1. The van der Waals surface area contributed by atoms with Crippen molar-refractivity contribution in [1.82, 2.24) is 25.1 Å². The summed E-state index contributed by atoms with van der Waals surface area (Å²) < 4.78 is 0. The molecule has 0 unspecified atom stereocenters. The smallest absolute Gasteiger partial charge is 0.319 e. The Balaban J connectivity index is 1.55. The number of H-pyrrole nitrogens is 1. The van der Waals surface area contributed by atoms with Crippen molar-refractivity contribution in [2.24, 2.45) is 0 Å². The zero-order valence-electron chi connectivity index (χ0n) is 16.9. The third kappa shape index (κ3) is 3.46. The summed E-state index contributed by atoms with van der Waals surface area (Å²) in [6.45, 7) is 4.60. The average molecular weight is 405 g/mol. The summed E-state index contributed by atoms with van der Waals surface area (Å²) >= 11 is 0. The first-order chi connectivity index (χ1) is 14.4. The van der Waals surface area contributed by atoms with Gasteiger partial charge in [-0.25, -0.2) is 14.7 Å². The second-order valence-electron chi connectivity index (χ2n) is 7.47. The van der Waals surface area contributed by atoms with Crippen molar-refractivity contribution in [1.29, 1.82) is 0 Å². The van der Waals surface area contributed by atoms with Crippen LogP contribution in [0.3, 0.4) is 0 Å². The van der Waals surface area contributed by atoms with E-state index in [9.17, 15) is 14.4 Å². The number of amides is 3. The molecule has 2 N–H and O–H groups in total. The van der Waals surface area contributed by atoms with E-state index in [2.05, 4.69) is 15.3 Å². The zero-order chi connectivity index (χ0) is 21.3. The molecular weight excluding hydrogens is 382 g/mol. The largest absolute Gasteiger partial charge is 0.326 e. The number of nitrogens with zero attached hydrogens (tertiary/aromatic N) is 3. The number of imide groups is 1. The van der Waals surface area contributed by atoms with Gasteiger partial charge in [0.2, 0.25) is 0 Å². The Morgan fingerprint density at radius 1 is 1.03 bits per heavy atom. The average Bonchev–Trinajstić information content (AvgIpc) is 2.97. The summed E-state index contributed by atoms with van der Waals surface area (Å²) in [7, 11) is 0. The van der Waals surface area contributed by atoms with E-state index >= 15 is 0 Å². The lowest BCUT2D eigenvalue weighted by Crippen LogP contribution is -2.44. The Kier molecular flexibility index (Phi) is 5.09. The predicted molar refractivity (Wildman–Crippen MR) is 112 cm³/mol. The van der Waals surface area contributed by atoms with Crippen LogP contribution in [-0.2, 0) is 16.9 Å². The molecule has 1 saturated heterocycles.